The molecule has 1 saturated carbocycles. The minimum absolute atomic E-state index is 0.995. The maximum atomic E-state index is 3.38. The van der Waals surface area contributed by atoms with Crippen LogP contribution in [0.1, 0.15) is 31.7 Å². The van der Waals surface area contributed by atoms with Gasteiger partial charge in [-0.25, -0.2) is 0 Å². The Morgan fingerprint density at radius 3 is 2.84 bits per heavy atom. The molecule has 1 aliphatic carbocycles. The minimum atomic E-state index is 0.995. The highest BCUT2D eigenvalue weighted by Gasteiger charge is 2.23. The monoisotopic (exact) mass is 256 g/mol. The average Bonchev–Trinajstić information content (AvgIpc) is 3.15. The molecule has 2 aromatic rings. The van der Waals surface area contributed by atoms with Gasteiger partial charge in [-0.15, -0.1) is 0 Å². The van der Waals surface area contributed by atoms with Crippen molar-refractivity contribution < 1.29 is 0 Å². The SMILES string of the molecule is CCCN(CCc1c[nH]c2ccccc12)CC1CC1. The van der Waals surface area contributed by atoms with Crippen LogP contribution in [0, 0.1) is 5.92 Å². The largest absolute Gasteiger partial charge is 0.361 e. The van der Waals surface area contributed by atoms with Crippen molar-refractivity contribution >= 4 is 10.9 Å². The van der Waals surface area contributed by atoms with Gasteiger partial charge in [-0.2, -0.15) is 0 Å². The number of para-hydroxylation sites is 1. The summed E-state index contributed by atoms with van der Waals surface area (Å²) in [6.07, 6.45) is 7.52. The first-order valence-electron chi connectivity index (χ1n) is 7.64. The fourth-order valence-electron chi connectivity index (χ4n) is 2.89. The van der Waals surface area contributed by atoms with E-state index in [1.807, 2.05) is 0 Å². The quantitative estimate of drug-likeness (QED) is 0.797. The number of hydrogen-bond donors (Lipinski definition) is 1. The van der Waals surface area contributed by atoms with E-state index in [0.717, 1.165) is 12.3 Å². The summed E-state index contributed by atoms with van der Waals surface area (Å²) in [7, 11) is 0. The van der Waals surface area contributed by atoms with Crippen LogP contribution in [0.2, 0.25) is 0 Å². The standard InChI is InChI=1S/C17H24N2/c1-2-10-19(13-14-7-8-14)11-9-15-12-18-17-6-4-3-5-16(15)17/h3-6,12,14,18H,2,7-11,13H2,1H3. The van der Waals surface area contributed by atoms with Gasteiger partial charge in [0.2, 0.25) is 0 Å². The minimum Gasteiger partial charge on any atom is -0.361 e. The molecule has 1 fully saturated rings. The highest BCUT2D eigenvalue weighted by molar-refractivity contribution is 5.83. The van der Waals surface area contributed by atoms with Gasteiger partial charge >= 0.3 is 0 Å². The predicted octanol–water partition coefficient (Wildman–Crippen LogP) is 3.83. The van der Waals surface area contributed by atoms with Gasteiger partial charge in [0.05, 0.1) is 0 Å². The van der Waals surface area contributed by atoms with Crippen LogP contribution in [0.3, 0.4) is 0 Å². The van der Waals surface area contributed by atoms with Gasteiger partial charge in [0, 0.05) is 30.2 Å². The van der Waals surface area contributed by atoms with Crippen molar-refractivity contribution in [2.24, 2.45) is 5.92 Å². The number of nitrogens with one attached hydrogen (secondary N) is 1. The van der Waals surface area contributed by atoms with Crippen LogP contribution in [0.5, 0.6) is 0 Å². The number of H-pyrrole nitrogens is 1. The Morgan fingerprint density at radius 2 is 2.05 bits per heavy atom. The van der Waals surface area contributed by atoms with Crippen molar-refractivity contribution in [3.63, 3.8) is 0 Å². The molecule has 0 amide bonds. The Balaban J connectivity index is 1.63. The molecule has 0 saturated heterocycles. The maximum absolute atomic E-state index is 3.38. The number of hydrogen-bond acceptors (Lipinski definition) is 1. The van der Waals surface area contributed by atoms with E-state index in [2.05, 4.69) is 47.3 Å². The van der Waals surface area contributed by atoms with Crippen molar-refractivity contribution in [2.45, 2.75) is 32.6 Å². The highest BCUT2D eigenvalue weighted by atomic mass is 15.1. The van der Waals surface area contributed by atoms with Gasteiger partial charge in [-0.3, -0.25) is 0 Å². The summed E-state index contributed by atoms with van der Waals surface area (Å²) in [5, 5.41) is 1.39. The molecule has 1 heterocycles. The van der Waals surface area contributed by atoms with Crippen molar-refractivity contribution in [1.82, 2.24) is 9.88 Å². The summed E-state index contributed by atoms with van der Waals surface area (Å²) in [4.78, 5) is 6.03. The summed E-state index contributed by atoms with van der Waals surface area (Å²) in [5.74, 6) is 0.995. The van der Waals surface area contributed by atoms with Crippen molar-refractivity contribution in [3.8, 4) is 0 Å². The molecule has 1 aromatic carbocycles. The highest BCUT2D eigenvalue weighted by Crippen LogP contribution is 2.30. The molecular weight excluding hydrogens is 232 g/mol. The van der Waals surface area contributed by atoms with Gasteiger partial charge < -0.3 is 9.88 Å². The normalized spacial score (nSPS) is 15.5. The second-order valence-electron chi connectivity index (χ2n) is 5.85. The lowest BCUT2D eigenvalue weighted by molar-refractivity contribution is 0.267. The zero-order chi connectivity index (χ0) is 13.1. The molecule has 1 aromatic heterocycles. The Morgan fingerprint density at radius 1 is 1.21 bits per heavy atom. The van der Waals surface area contributed by atoms with Crippen LogP contribution in [-0.2, 0) is 6.42 Å². The summed E-state index contributed by atoms with van der Waals surface area (Å²) in [6, 6.07) is 8.62. The number of nitrogens with zero attached hydrogens (tertiary/aromatic N) is 1. The van der Waals surface area contributed by atoms with Gasteiger partial charge in [0.1, 0.15) is 0 Å². The van der Waals surface area contributed by atoms with Crippen molar-refractivity contribution in [3.05, 3.63) is 36.0 Å². The van der Waals surface area contributed by atoms with E-state index in [4.69, 9.17) is 0 Å². The zero-order valence-electron chi connectivity index (χ0n) is 11.9. The lowest BCUT2D eigenvalue weighted by Gasteiger charge is -2.21. The Kier molecular flexibility index (Phi) is 3.88. The number of aromatic nitrogens is 1. The van der Waals surface area contributed by atoms with Gasteiger partial charge in [-0.1, -0.05) is 25.1 Å². The van der Waals surface area contributed by atoms with E-state index in [-0.39, 0.29) is 0 Å². The Hall–Kier alpha value is -1.28. The van der Waals surface area contributed by atoms with Crippen molar-refractivity contribution in [1.29, 1.82) is 0 Å². The lowest BCUT2D eigenvalue weighted by atomic mass is 10.1. The maximum Gasteiger partial charge on any atom is 0.0456 e. The molecule has 1 N–H and O–H groups in total. The molecule has 0 unspecified atom stereocenters. The molecule has 0 spiro atoms. The molecule has 0 radical (unpaired) electrons. The molecule has 1 aliphatic rings. The fourth-order valence-corrected chi connectivity index (χ4v) is 2.89. The van der Waals surface area contributed by atoms with E-state index >= 15 is 0 Å². The number of fused-ring (bicyclic) bond motifs is 1. The van der Waals surface area contributed by atoms with E-state index in [9.17, 15) is 0 Å². The molecule has 0 atom stereocenters. The molecule has 0 bridgehead atoms. The second kappa shape index (κ2) is 5.79. The van der Waals surface area contributed by atoms with Crippen LogP contribution in [0.15, 0.2) is 30.5 Å². The van der Waals surface area contributed by atoms with Crippen molar-refractivity contribution in [2.75, 3.05) is 19.6 Å². The summed E-state index contributed by atoms with van der Waals surface area (Å²) in [5.41, 5.74) is 2.73. The Bertz CT molecular complexity index is 525. The fraction of sp³-hybridized carbons (Fsp3) is 0.529. The molecule has 2 heteroatoms. The van der Waals surface area contributed by atoms with E-state index < -0.39 is 0 Å². The van der Waals surface area contributed by atoms with E-state index in [1.165, 1.54) is 55.4 Å². The number of aromatic amines is 1. The molecule has 3 rings (SSSR count). The molecule has 19 heavy (non-hydrogen) atoms. The lowest BCUT2D eigenvalue weighted by Crippen LogP contribution is -2.29. The van der Waals surface area contributed by atoms with Gasteiger partial charge in [-0.05, 0) is 49.8 Å². The summed E-state index contributed by atoms with van der Waals surface area (Å²) >= 11 is 0. The van der Waals surface area contributed by atoms with E-state index in [1.54, 1.807) is 0 Å². The first-order valence-corrected chi connectivity index (χ1v) is 7.64. The third-order valence-electron chi connectivity index (χ3n) is 4.13. The molecule has 102 valence electrons. The summed E-state index contributed by atoms with van der Waals surface area (Å²) < 4.78 is 0. The second-order valence-corrected chi connectivity index (χ2v) is 5.85. The van der Waals surface area contributed by atoms with Gasteiger partial charge in [0.25, 0.3) is 0 Å². The average molecular weight is 256 g/mol. The van der Waals surface area contributed by atoms with Crippen LogP contribution >= 0.6 is 0 Å². The number of benzene rings is 1. The van der Waals surface area contributed by atoms with Crippen LogP contribution < -0.4 is 0 Å². The smallest absolute Gasteiger partial charge is 0.0456 e. The summed E-state index contributed by atoms with van der Waals surface area (Å²) in [6.45, 7) is 6.05. The van der Waals surface area contributed by atoms with Crippen LogP contribution in [0.4, 0.5) is 0 Å². The third-order valence-corrected chi connectivity index (χ3v) is 4.13. The first kappa shape index (κ1) is 12.7. The molecule has 0 aliphatic heterocycles. The number of rotatable bonds is 7. The van der Waals surface area contributed by atoms with Crippen LogP contribution in [0.25, 0.3) is 10.9 Å². The van der Waals surface area contributed by atoms with E-state index in [0.29, 0.717) is 0 Å². The zero-order valence-corrected chi connectivity index (χ0v) is 11.9. The van der Waals surface area contributed by atoms with Gasteiger partial charge in [0.15, 0.2) is 0 Å². The molecular formula is C17H24N2. The molecule has 2 nitrogen and oxygen atoms in total. The predicted molar refractivity (Wildman–Crippen MR) is 81.5 cm³/mol. The van der Waals surface area contributed by atoms with Crippen LogP contribution in [-0.4, -0.2) is 29.5 Å². The first-order chi connectivity index (χ1) is 9.36. The topological polar surface area (TPSA) is 19.0 Å². The Labute approximate surface area is 115 Å². The third kappa shape index (κ3) is 3.19.